The topological polar surface area (TPSA) is 96.0 Å². The number of nitrogens with one attached hydrogen (secondary N) is 1. The van der Waals surface area contributed by atoms with Crippen molar-refractivity contribution in [3.63, 3.8) is 0 Å². The molecular weight excluding hydrogens is 454 g/mol. The predicted octanol–water partition coefficient (Wildman–Crippen LogP) is 2.84. The molecule has 0 saturated heterocycles. The number of rotatable bonds is 13. The zero-order valence-electron chi connectivity index (χ0n) is 20.4. The van der Waals surface area contributed by atoms with Crippen LogP contribution in [0.15, 0.2) is 54.6 Å². The summed E-state index contributed by atoms with van der Waals surface area (Å²) in [4.78, 5) is 27.2. The number of sulfonamides is 1. The third-order valence-corrected chi connectivity index (χ3v) is 6.71. The van der Waals surface area contributed by atoms with Gasteiger partial charge < -0.3 is 15.0 Å². The molecular formula is C25H35N3O5S. The van der Waals surface area contributed by atoms with Crippen molar-refractivity contribution in [2.24, 2.45) is 0 Å². The number of nitrogens with zero attached hydrogens (tertiary/aromatic N) is 2. The highest BCUT2D eigenvalue weighted by molar-refractivity contribution is 7.92. The molecule has 34 heavy (non-hydrogen) atoms. The molecule has 0 bridgehead atoms. The molecule has 1 N–H and O–H groups in total. The molecule has 0 fully saturated rings. The van der Waals surface area contributed by atoms with Gasteiger partial charge in [0.25, 0.3) is 0 Å². The van der Waals surface area contributed by atoms with E-state index in [1.54, 1.807) is 43.2 Å². The predicted molar refractivity (Wildman–Crippen MR) is 134 cm³/mol. The number of anilines is 1. The van der Waals surface area contributed by atoms with Gasteiger partial charge in [0.2, 0.25) is 21.8 Å². The Labute approximate surface area is 202 Å². The molecule has 0 aliphatic rings. The van der Waals surface area contributed by atoms with Crippen molar-refractivity contribution < 1.29 is 22.7 Å². The van der Waals surface area contributed by atoms with E-state index in [4.69, 9.17) is 4.74 Å². The van der Waals surface area contributed by atoms with Crippen molar-refractivity contribution in [3.8, 4) is 5.75 Å². The molecule has 0 aromatic heterocycles. The standard InChI is InChI=1S/C25H35N3O5S/c1-5-26-25(30)20(2)27(19-17-21-10-7-6-8-11-21)24(29)12-9-18-28(34(4,31)32)22-13-15-23(33-3)16-14-22/h6-8,10-11,13-16,20H,5,9,12,17-19H2,1-4H3,(H,26,30)/t20-/m0/s1. The number of hydrogen-bond donors (Lipinski definition) is 1. The third kappa shape index (κ3) is 8.06. The SMILES string of the molecule is CCNC(=O)[C@H](C)N(CCc1ccccc1)C(=O)CCCN(c1ccc(OC)cc1)S(C)(=O)=O. The van der Waals surface area contributed by atoms with Crippen molar-refractivity contribution in [1.82, 2.24) is 10.2 Å². The molecule has 2 aromatic rings. The minimum atomic E-state index is -3.54. The van der Waals surface area contributed by atoms with Crippen LogP contribution in [0.2, 0.25) is 0 Å². The van der Waals surface area contributed by atoms with E-state index >= 15 is 0 Å². The maximum absolute atomic E-state index is 13.1. The highest BCUT2D eigenvalue weighted by Crippen LogP contribution is 2.22. The lowest BCUT2D eigenvalue weighted by Crippen LogP contribution is -2.48. The smallest absolute Gasteiger partial charge is 0.242 e. The fourth-order valence-electron chi connectivity index (χ4n) is 3.64. The Bertz CT molecular complexity index is 1030. The summed E-state index contributed by atoms with van der Waals surface area (Å²) in [5.74, 6) is 0.235. The zero-order chi connectivity index (χ0) is 25.1. The van der Waals surface area contributed by atoms with Crippen LogP contribution in [0, 0.1) is 0 Å². The van der Waals surface area contributed by atoms with Gasteiger partial charge in [-0.25, -0.2) is 8.42 Å². The van der Waals surface area contributed by atoms with E-state index in [9.17, 15) is 18.0 Å². The maximum Gasteiger partial charge on any atom is 0.242 e. The number of amides is 2. The van der Waals surface area contributed by atoms with Crippen molar-refractivity contribution >= 4 is 27.5 Å². The molecule has 1 atom stereocenters. The van der Waals surface area contributed by atoms with E-state index in [1.165, 1.54) is 4.31 Å². The fourth-order valence-corrected chi connectivity index (χ4v) is 4.61. The molecule has 186 valence electrons. The lowest BCUT2D eigenvalue weighted by atomic mass is 10.1. The van der Waals surface area contributed by atoms with Crippen LogP contribution in [0.4, 0.5) is 5.69 Å². The van der Waals surface area contributed by atoms with E-state index < -0.39 is 16.1 Å². The van der Waals surface area contributed by atoms with E-state index in [-0.39, 0.29) is 24.8 Å². The Morgan fingerprint density at radius 3 is 2.24 bits per heavy atom. The molecule has 9 heteroatoms. The molecule has 0 heterocycles. The van der Waals surface area contributed by atoms with Crippen LogP contribution in [-0.4, -0.2) is 64.2 Å². The summed E-state index contributed by atoms with van der Waals surface area (Å²) in [5, 5.41) is 2.77. The average Bonchev–Trinajstić information content (AvgIpc) is 2.82. The second-order valence-electron chi connectivity index (χ2n) is 8.03. The largest absolute Gasteiger partial charge is 0.497 e. The second kappa shape index (κ2) is 13.0. The van der Waals surface area contributed by atoms with Gasteiger partial charge in [0.05, 0.1) is 19.1 Å². The number of benzene rings is 2. The Morgan fingerprint density at radius 2 is 1.68 bits per heavy atom. The molecule has 2 aromatic carbocycles. The quantitative estimate of drug-likeness (QED) is 0.467. The van der Waals surface area contributed by atoms with Gasteiger partial charge in [0, 0.05) is 26.1 Å². The van der Waals surface area contributed by atoms with E-state index in [2.05, 4.69) is 5.32 Å². The summed E-state index contributed by atoms with van der Waals surface area (Å²) in [5.41, 5.74) is 1.58. The first-order chi connectivity index (χ1) is 16.2. The van der Waals surface area contributed by atoms with Gasteiger partial charge in [0.1, 0.15) is 11.8 Å². The van der Waals surface area contributed by atoms with Crippen LogP contribution in [0.5, 0.6) is 5.75 Å². The fraction of sp³-hybridized carbons (Fsp3) is 0.440. The van der Waals surface area contributed by atoms with Gasteiger partial charge >= 0.3 is 0 Å². The molecule has 0 saturated carbocycles. The van der Waals surface area contributed by atoms with E-state index in [0.717, 1.165) is 11.8 Å². The van der Waals surface area contributed by atoms with Crippen LogP contribution in [0.1, 0.15) is 32.3 Å². The normalized spacial score (nSPS) is 12.0. The molecule has 2 amide bonds. The van der Waals surface area contributed by atoms with Crippen molar-refractivity contribution in [2.45, 2.75) is 39.2 Å². The van der Waals surface area contributed by atoms with Crippen LogP contribution >= 0.6 is 0 Å². The summed E-state index contributed by atoms with van der Waals surface area (Å²) in [6, 6.07) is 15.9. The van der Waals surface area contributed by atoms with Gasteiger partial charge in [0.15, 0.2) is 0 Å². The van der Waals surface area contributed by atoms with E-state index in [1.807, 2.05) is 37.3 Å². The van der Waals surface area contributed by atoms with Gasteiger partial charge in [-0.2, -0.15) is 0 Å². The highest BCUT2D eigenvalue weighted by atomic mass is 32.2. The first-order valence-electron chi connectivity index (χ1n) is 11.4. The molecule has 0 aliphatic heterocycles. The lowest BCUT2D eigenvalue weighted by molar-refractivity contribution is -0.139. The third-order valence-electron chi connectivity index (χ3n) is 5.52. The molecule has 8 nitrogen and oxygen atoms in total. The maximum atomic E-state index is 13.1. The average molecular weight is 490 g/mol. The molecule has 2 rings (SSSR count). The number of carbonyl (C=O) groups excluding carboxylic acids is 2. The summed E-state index contributed by atoms with van der Waals surface area (Å²) in [6.45, 7) is 4.58. The van der Waals surface area contributed by atoms with Crippen LogP contribution < -0.4 is 14.4 Å². The second-order valence-corrected chi connectivity index (χ2v) is 9.94. The lowest BCUT2D eigenvalue weighted by Gasteiger charge is -2.29. The van der Waals surface area contributed by atoms with Crippen LogP contribution in [-0.2, 0) is 26.0 Å². The molecule has 0 unspecified atom stereocenters. The molecule has 0 radical (unpaired) electrons. The minimum absolute atomic E-state index is 0.126. The number of hydrogen-bond acceptors (Lipinski definition) is 5. The number of ether oxygens (including phenoxy) is 1. The van der Waals surface area contributed by atoms with Gasteiger partial charge in [-0.15, -0.1) is 0 Å². The molecule has 0 spiro atoms. The molecule has 0 aliphatic carbocycles. The van der Waals surface area contributed by atoms with Gasteiger partial charge in [-0.3, -0.25) is 13.9 Å². The highest BCUT2D eigenvalue weighted by Gasteiger charge is 2.26. The zero-order valence-corrected chi connectivity index (χ0v) is 21.2. The summed E-state index contributed by atoms with van der Waals surface area (Å²) < 4.78 is 31.2. The first-order valence-corrected chi connectivity index (χ1v) is 13.2. The number of carbonyl (C=O) groups is 2. The van der Waals surface area contributed by atoms with Crippen molar-refractivity contribution in [3.05, 3.63) is 60.2 Å². The number of likely N-dealkylation sites (N-methyl/N-ethyl adjacent to an activating group) is 1. The Kier molecular flexibility index (Phi) is 10.4. The summed E-state index contributed by atoms with van der Waals surface area (Å²) >= 11 is 0. The number of methoxy groups -OCH3 is 1. The van der Waals surface area contributed by atoms with Gasteiger partial charge in [-0.1, -0.05) is 30.3 Å². The van der Waals surface area contributed by atoms with Crippen molar-refractivity contribution in [2.75, 3.05) is 37.3 Å². The first kappa shape index (κ1) is 27.2. The minimum Gasteiger partial charge on any atom is -0.497 e. The van der Waals surface area contributed by atoms with E-state index in [0.29, 0.717) is 37.4 Å². The summed E-state index contributed by atoms with van der Waals surface area (Å²) in [6.07, 6.45) is 2.21. The van der Waals surface area contributed by atoms with Crippen molar-refractivity contribution in [1.29, 1.82) is 0 Å². The van der Waals surface area contributed by atoms with Crippen LogP contribution in [0.3, 0.4) is 0 Å². The summed E-state index contributed by atoms with van der Waals surface area (Å²) in [7, 11) is -1.99. The Morgan fingerprint density at radius 1 is 1.03 bits per heavy atom. The van der Waals surface area contributed by atoms with Crippen LogP contribution in [0.25, 0.3) is 0 Å². The monoisotopic (exact) mass is 489 g/mol. The van der Waals surface area contributed by atoms with Gasteiger partial charge in [-0.05, 0) is 56.5 Å². The Balaban J connectivity index is 2.08. The Hall–Kier alpha value is -3.07.